The van der Waals surface area contributed by atoms with Crippen molar-refractivity contribution in [2.24, 2.45) is 11.1 Å². The Labute approximate surface area is 123 Å². The predicted molar refractivity (Wildman–Crippen MR) is 76.7 cm³/mol. The molecule has 3 fully saturated rings. The van der Waals surface area contributed by atoms with Gasteiger partial charge in [0.15, 0.2) is 0 Å². The number of hydrogen-bond acceptors (Lipinski definition) is 4. The third kappa shape index (κ3) is 1.61. The molecule has 3 aliphatic heterocycles. The van der Waals surface area contributed by atoms with Gasteiger partial charge in [0.1, 0.15) is 5.54 Å². The van der Waals surface area contributed by atoms with Crippen LogP contribution >= 0.6 is 0 Å². The van der Waals surface area contributed by atoms with Crippen LogP contribution in [0.5, 0.6) is 0 Å². The molecule has 110 valence electrons. The van der Waals surface area contributed by atoms with Crippen molar-refractivity contribution >= 4 is 11.6 Å². The molecule has 0 radical (unpaired) electrons. The van der Waals surface area contributed by atoms with E-state index in [1.54, 1.807) is 4.90 Å². The molecule has 2 saturated heterocycles. The summed E-state index contributed by atoms with van der Waals surface area (Å²) in [6.07, 6.45) is 1.97. The quantitative estimate of drug-likeness (QED) is 0.901. The molecule has 1 saturated carbocycles. The van der Waals surface area contributed by atoms with Crippen molar-refractivity contribution in [2.75, 3.05) is 6.54 Å². The van der Waals surface area contributed by atoms with E-state index in [-0.39, 0.29) is 5.91 Å². The van der Waals surface area contributed by atoms with E-state index >= 15 is 0 Å². The largest absolute Gasteiger partial charge is 0.358 e. The molecule has 5 nitrogen and oxygen atoms in total. The third-order valence-electron chi connectivity index (χ3n) is 5.05. The summed E-state index contributed by atoms with van der Waals surface area (Å²) in [4.78, 5) is 19.9. The summed E-state index contributed by atoms with van der Waals surface area (Å²) in [5, 5.41) is 14.8. The fourth-order valence-corrected chi connectivity index (χ4v) is 4.04. The van der Waals surface area contributed by atoms with Crippen molar-refractivity contribution in [3.05, 3.63) is 35.9 Å². The second kappa shape index (κ2) is 4.07. The first-order valence-electron chi connectivity index (χ1n) is 7.35. The summed E-state index contributed by atoms with van der Waals surface area (Å²) >= 11 is 0. The van der Waals surface area contributed by atoms with E-state index in [0.717, 1.165) is 18.6 Å². The number of rotatable bonds is 2. The summed E-state index contributed by atoms with van der Waals surface area (Å²) in [5.41, 5.74) is 0.810. The van der Waals surface area contributed by atoms with Crippen LogP contribution < -0.4 is 0 Å². The molecule has 1 aliphatic carbocycles. The molecule has 2 bridgehead atoms. The molecule has 0 spiro atoms. The van der Waals surface area contributed by atoms with E-state index < -0.39 is 11.3 Å². The molecular formula is C16H18N2O3. The normalized spacial score (nSPS) is 37.0. The lowest BCUT2D eigenvalue weighted by Crippen LogP contribution is -2.64. The molecule has 4 aliphatic rings. The third-order valence-corrected chi connectivity index (χ3v) is 5.05. The van der Waals surface area contributed by atoms with Gasteiger partial charge in [-0.15, -0.1) is 0 Å². The topological polar surface area (TPSA) is 62.1 Å². The van der Waals surface area contributed by atoms with Gasteiger partial charge in [-0.3, -0.25) is 4.79 Å². The van der Waals surface area contributed by atoms with Gasteiger partial charge in [0.25, 0.3) is 11.7 Å². The molecule has 0 aromatic heterocycles. The van der Waals surface area contributed by atoms with Gasteiger partial charge in [-0.25, -0.2) is 0 Å². The van der Waals surface area contributed by atoms with Crippen LogP contribution in [-0.4, -0.2) is 39.5 Å². The minimum atomic E-state index is -1.37. The second-order valence-corrected chi connectivity index (χ2v) is 6.47. The number of amides is 1. The SMILES string of the molecule is CC1=NOC(O)(C23CC(CN2C(=O)c2ccccc2)C3)C1. The van der Waals surface area contributed by atoms with Gasteiger partial charge in [-0.05, 0) is 37.8 Å². The summed E-state index contributed by atoms with van der Waals surface area (Å²) in [6.45, 7) is 2.53. The highest BCUT2D eigenvalue weighted by Gasteiger charge is 2.70. The highest BCUT2D eigenvalue weighted by atomic mass is 16.7. The zero-order chi connectivity index (χ0) is 14.7. The highest BCUT2D eigenvalue weighted by Crippen LogP contribution is 2.58. The number of aliphatic hydroxyl groups is 1. The Hall–Kier alpha value is -1.88. The molecular weight excluding hydrogens is 268 g/mol. The molecule has 3 heterocycles. The van der Waals surface area contributed by atoms with Crippen LogP contribution in [-0.2, 0) is 4.84 Å². The first-order valence-corrected chi connectivity index (χ1v) is 7.35. The maximum Gasteiger partial charge on any atom is 0.263 e. The Kier molecular flexibility index (Phi) is 2.49. The van der Waals surface area contributed by atoms with Crippen molar-refractivity contribution in [1.82, 2.24) is 4.90 Å². The maximum atomic E-state index is 12.8. The fourth-order valence-electron chi connectivity index (χ4n) is 4.04. The zero-order valence-electron chi connectivity index (χ0n) is 12.0. The Morgan fingerprint density at radius 1 is 1.38 bits per heavy atom. The van der Waals surface area contributed by atoms with Crippen LogP contribution in [0.1, 0.15) is 36.5 Å². The number of oxime groups is 1. The van der Waals surface area contributed by atoms with Gasteiger partial charge < -0.3 is 14.8 Å². The minimum absolute atomic E-state index is 0.0304. The monoisotopic (exact) mass is 286 g/mol. The number of nitrogens with zero attached hydrogens (tertiary/aromatic N) is 2. The van der Waals surface area contributed by atoms with Gasteiger partial charge in [0, 0.05) is 12.1 Å². The number of carbonyl (C=O) groups is 1. The number of fused-ring (bicyclic) bond motifs is 1. The van der Waals surface area contributed by atoms with Crippen LogP contribution in [0.15, 0.2) is 35.5 Å². The van der Waals surface area contributed by atoms with Crippen molar-refractivity contribution in [3.8, 4) is 0 Å². The average molecular weight is 286 g/mol. The van der Waals surface area contributed by atoms with E-state index in [9.17, 15) is 9.90 Å². The van der Waals surface area contributed by atoms with E-state index in [1.807, 2.05) is 37.3 Å². The maximum absolute atomic E-state index is 12.8. The molecule has 21 heavy (non-hydrogen) atoms. The Balaban J connectivity index is 1.66. The van der Waals surface area contributed by atoms with Gasteiger partial charge >= 0.3 is 0 Å². The Morgan fingerprint density at radius 3 is 2.71 bits per heavy atom. The minimum Gasteiger partial charge on any atom is -0.358 e. The molecule has 1 aromatic rings. The molecule has 1 atom stereocenters. The van der Waals surface area contributed by atoms with Crippen LogP contribution in [0.4, 0.5) is 0 Å². The molecule has 5 heteroatoms. The van der Waals surface area contributed by atoms with Gasteiger partial charge in [-0.1, -0.05) is 23.4 Å². The summed E-state index contributed by atoms with van der Waals surface area (Å²) in [7, 11) is 0. The lowest BCUT2D eigenvalue weighted by molar-refractivity contribution is -0.263. The molecule has 5 rings (SSSR count). The lowest BCUT2D eigenvalue weighted by atomic mass is 9.67. The average Bonchev–Trinajstić information content (AvgIpc) is 3.11. The molecule has 1 unspecified atom stereocenters. The zero-order valence-corrected chi connectivity index (χ0v) is 12.0. The molecule has 1 N–H and O–H groups in total. The molecule has 1 amide bonds. The van der Waals surface area contributed by atoms with Crippen LogP contribution in [0.2, 0.25) is 0 Å². The fraction of sp³-hybridized carbons (Fsp3) is 0.500. The van der Waals surface area contributed by atoms with E-state index in [2.05, 4.69) is 5.16 Å². The predicted octanol–water partition coefficient (Wildman–Crippen LogP) is 1.78. The lowest BCUT2D eigenvalue weighted by Gasteiger charge is -2.49. The van der Waals surface area contributed by atoms with Crippen LogP contribution in [0, 0.1) is 5.92 Å². The first-order chi connectivity index (χ1) is 10.0. The van der Waals surface area contributed by atoms with Crippen molar-refractivity contribution in [2.45, 2.75) is 37.5 Å². The Morgan fingerprint density at radius 2 is 2.10 bits per heavy atom. The van der Waals surface area contributed by atoms with Crippen molar-refractivity contribution in [3.63, 3.8) is 0 Å². The highest BCUT2D eigenvalue weighted by molar-refractivity contribution is 5.95. The Bertz CT molecular complexity index is 622. The number of benzene rings is 1. The van der Waals surface area contributed by atoms with Crippen LogP contribution in [0.25, 0.3) is 0 Å². The number of hydrogen-bond donors (Lipinski definition) is 1. The summed E-state index contributed by atoms with van der Waals surface area (Å²) in [5.74, 6) is -0.933. The van der Waals surface area contributed by atoms with Gasteiger partial charge in [0.2, 0.25) is 0 Å². The van der Waals surface area contributed by atoms with Crippen molar-refractivity contribution in [1.29, 1.82) is 0 Å². The van der Waals surface area contributed by atoms with Gasteiger partial charge in [0.05, 0.1) is 12.1 Å². The second-order valence-electron chi connectivity index (χ2n) is 6.47. The molecule has 1 aromatic carbocycles. The smallest absolute Gasteiger partial charge is 0.263 e. The van der Waals surface area contributed by atoms with Crippen LogP contribution in [0.3, 0.4) is 0 Å². The van der Waals surface area contributed by atoms with Gasteiger partial charge in [-0.2, -0.15) is 0 Å². The standard InChI is InChI=1S/C16H18N2O3/c1-11-7-16(20,21-17-11)15-8-12(9-15)10-18(15)14(19)13-5-3-2-4-6-13/h2-6,12,20H,7-10H2,1H3. The van der Waals surface area contributed by atoms with E-state index in [1.165, 1.54) is 0 Å². The summed E-state index contributed by atoms with van der Waals surface area (Å²) < 4.78 is 0. The van der Waals surface area contributed by atoms with E-state index in [4.69, 9.17) is 4.84 Å². The first kappa shape index (κ1) is 12.8. The summed E-state index contributed by atoms with van der Waals surface area (Å²) in [6, 6.07) is 9.23. The van der Waals surface area contributed by atoms with Crippen molar-refractivity contribution < 1.29 is 14.7 Å². The number of carbonyl (C=O) groups excluding carboxylic acids is 1. The van der Waals surface area contributed by atoms with E-state index in [0.29, 0.717) is 24.4 Å².